The van der Waals surface area contributed by atoms with Gasteiger partial charge in [0.1, 0.15) is 0 Å². The van der Waals surface area contributed by atoms with Crippen LogP contribution in [0.1, 0.15) is 37.3 Å². The maximum Gasteiger partial charge on any atom is 0.0658 e. The standard InChI is InChI=1S/C12H18BrClN2O/c1-17-7-6-16-12(10(13)8-15-16)9-4-2-3-5-11(9)14/h8-9,11H,2-7H2,1H3. The van der Waals surface area contributed by atoms with Crippen molar-refractivity contribution in [3.63, 3.8) is 0 Å². The summed E-state index contributed by atoms with van der Waals surface area (Å²) in [5, 5.41) is 4.63. The Morgan fingerprint density at radius 1 is 1.53 bits per heavy atom. The van der Waals surface area contributed by atoms with Crippen molar-refractivity contribution in [2.75, 3.05) is 13.7 Å². The summed E-state index contributed by atoms with van der Waals surface area (Å²) in [5.74, 6) is 0.416. The fraction of sp³-hybridized carbons (Fsp3) is 0.750. The van der Waals surface area contributed by atoms with E-state index in [1.165, 1.54) is 18.5 Å². The van der Waals surface area contributed by atoms with E-state index >= 15 is 0 Å². The van der Waals surface area contributed by atoms with Crippen LogP contribution in [0.4, 0.5) is 0 Å². The number of halogens is 2. The van der Waals surface area contributed by atoms with Crippen LogP contribution in [0, 0.1) is 0 Å². The number of hydrogen-bond donors (Lipinski definition) is 0. The van der Waals surface area contributed by atoms with Crippen LogP contribution in [-0.2, 0) is 11.3 Å². The van der Waals surface area contributed by atoms with Crippen LogP contribution in [0.2, 0.25) is 0 Å². The minimum Gasteiger partial charge on any atom is -0.383 e. The number of ether oxygens (including phenoxy) is 1. The lowest BCUT2D eigenvalue weighted by molar-refractivity contribution is 0.181. The molecule has 0 radical (unpaired) electrons. The molecule has 0 N–H and O–H groups in total. The monoisotopic (exact) mass is 320 g/mol. The second kappa shape index (κ2) is 6.21. The van der Waals surface area contributed by atoms with E-state index in [1.54, 1.807) is 7.11 Å². The fourth-order valence-corrected chi connectivity index (χ4v) is 3.48. The zero-order valence-corrected chi connectivity index (χ0v) is 12.4. The largest absolute Gasteiger partial charge is 0.383 e. The molecule has 96 valence electrons. The zero-order chi connectivity index (χ0) is 12.3. The van der Waals surface area contributed by atoms with Crippen molar-refractivity contribution < 1.29 is 4.74 Å². The molecule has 1 fully saturated rings. The van der Waals surface area contributed by atoms with Gasteiger partial charge in [0, 0.05) is 18.4 Å². The summed E-state index contributed by atoms with van der Waals surface area (Å²) in [5.41, 5.74) is 1.24. The SMILES string of the molecule is COCCn1ncc(Br)c1C1CCCCC1Cl. The van der Waals surface area contributed by atoms with Gasteiger partial charge in [-0.25, -0.2) is 0 Å². The van der Waals surface area contributed by atoms with Gasteiger partial charge in [0.2, 0.25) is 0 Å². The molecule has 1 saturated carbocycles. The van der Waals surface area contributed by atoms with Crippen molar-refractivity contribution in [1.29, 1.82) is 0 Å². The summed E-state index contributed by atoms with van der Waals surface area (Å²) < 4.78 is 8.22. The highest BCUT2D eigenvalue weighted by atomic mass is 79.9. The van der Waals surface area contributed by atoms with Crippen molar-refractivity contribution in [1.82, 2.24) is 9.78 Å². The third-order valence-electron chi connectivity index (χ3n) is 3.37. The van der Waals surface area contributed by atoms with Crippen molar-refractivity contribution in [2.45, 2.75) is 43.5 Å². The average Bonchev–Trinajstić information content (AvgIpc) is 2.69. The lowest BCUT2D eigenvalue weighted by Crippen LogP contribution is -2.22. The molecule has 1 aromatic heterocycles. The lowest BCUT2D eigenvalue weighted by Gasteiger charge is -2.28. The quantitative estimate of drug-likeness (QED) is 0.793. The van der Waals surface area contributed by atoms with Crippen LogP contribution in [0.3, 0.4) is 0 Å². The fourth-order valence-electron chi connectivity index (χ4n) is 2.49. The summed E-state index contributed by atoms with van der Waals surface area (Å²) in [7, 11) is 1.71. The first-order chi connectivity index (χ1) is 8.24. The average molecular weight is 322 g/mol. The van der Waals surface area contributed by atoms with E-state index in [9.17, 15) is 0 Å². The first-order valence-corrected chi connectivity index (χ1v) is 7.31. The molecule has 2 unspecified atom stereocenters. The number of nitrogens with zero attached hydrogens (tertiary/aromatic N) is 2. The van der Waals surface area contributed by atoms with Gasteiger partial charge in [-0.3, -0.25) is 4.68 Å². The third kappa shape index (κ3) is 3.04. The Balaban J connectivity index is 2.19. The first-order valence-electron chi connectivity index (χ1n) is 6.08. The highest BCUT2D eigenvalue weighted by Crippen LogP contribution is 2.39. The second-order valence-corrected chi connectivity index (χ2v) is 5.92. The number of alkyl halides is 1. The molecular formula is C12H18BrClN2O. The van der Waals surface area contributed by atoms with Crippen LogP contribution >= 0.6 is 27.5 Å². The summed E-state index contributed by atoms with van der Waals surface area (Å²) in [6, 6.07) is 0. The smallest absolute Gasteiger partial charge is 0.0658 e. The lowest BCUT2D eigenvalue weighted by atomic mass is 9.86. The molecule has 1 aliphatic rings. The summed E-state index contributed by atoms with van der Waals surface area (Å²) >= 11 is 10.0. The molecule has 1 heterocycles. The Bertz CT molecular complexity index is 369. The molecule has 3 nitrogen and oxygen atoms in total. The van der Waals surface area contributed by atoms with Crippen LogP contribution in [0.25, 0.3) is 0 Å². The molecule has 1 aliphatic carbocycles. The van der Waals surface area contributed by atoms with Gasteiger partial charge in [-0.2, -0.15) is 5.10 Å². The Morgan fingerprint density at radius 3 is 3.00 bits per heavy atom. The van der Waals surface area contributed by atoms with Crippen molar-refractivity contribution >= 4 is 27.5 Å². The molecule has 0 saturated heterocycles. The van der Waals surface area contributed by atoms with E-state index in [2.05, 4.69) is 21.0 Å². The van der Waals surface area contributed by atoms with E-state index in [0.717, 1.165) is 23.9 Å². The summed E-state index contributed by atoms with van der Waals surface area (Å²) in [4.78, 5) is 0. The predicted octanol–water partition coefficient (Wildman–Crippen LogP) is 3.56. The summed E-state index contributed by atoms with van der Waals surface area (Å²) in [6.07, 6.45) is 6.63. The molecular weight excluding hydrogens is 304 g/mol. The second-order valence-electron chi connectivity index (χ2n) is 4.50. The topological polar surface area (TPSA) is 27.1 Å². The van der Waals surface area contributed by atoms with Gasteiger partial charge in [-0.1, -0.05) is 12.8 Å². The molecule has 0 amide bonds. The number of rotatable bonds is 4. The molecule has 0 bridgehead atoms. The van der Waals surface area contributed by atoms with Crippen molar-refractivity contribution in [3.05, 3.63) is 16.4 Å². The van der Waals surface area contributed by atoms with Crippen LogP contribution < -0.4 is 0 Å². The highest BCUT2D eigenvalue weighted by molar-refractivity contribution is 9.10. The highest BCUT2D eigenvalue weighted by Gasteiger charge is 2.29. The predicted molar refractivity (Wildman–Crippen MR) is 72.7 cm³/mol. The maximum atomic E-state index is 6.46. The van der Waals surface area contributed by atoms with Crippen LogP contribution in [-0.4, -0.2) is 28.9 Å². The van der Waals surface area contributed by atoms with E-state index in [-0.39, 0.29) is 5.38 Å². The number of hydrogen-bond acceptors (Lipinski definition) is 2. The minimum atomic E-state index is 0.234. The molecule has 5 heteroatoms. The molecule has 2 atom stereocenters. The molecule has 0 spiro atoms. The Morgan fingerprint density at radius 2 is 2.29 bits per heavy atom. The van der Waals surface area contributed by atoms with Crippen molar-refractivity contribution in [2.24, 2.45) is 0 Å². The molecule has 0 aliphatic heterocycles. The first kappa shape index (κ1) is 13.4. The minimum absolute atomic E-state index is 0.234. The Labute approximate surface area is 116 Å². The van der Waals surface area contributed by atoms with E-state index < -0.39 is 0 Å². The van der Waals surface area contributed by atoms with E-state index in [4.69, 9.17) is 16.3 Å². The number of aromatic nitrogens is 2. The van der Waals surface area contributed by atoms with Gasteiger partial charge in [0.15, 0.2) is 0 Å². The number of methoxy groups -OCH3 is 1. The van der Waals surface area contributed by atoms with Gasteiger partial charge in [0.25, 0.3) is 0 Å². The normalized spacial score (nSPS) is 25.1. The van der Waals surface area contributed by atoms with Gasteiger partial charge < -0.3 is 4.74 Å². The maximum absolute atomic E-state index is 6.46. The molecule has 0 aromatic carbocycles. The summed E-state index contributed by atoms with van der Waals surface area (Å²) in [6.45, 7) is 1.47. The Kier molecular flexibility index (Phi) is 4.88. The van der Waals surface area contributed by atoms with Crippen molar-refractivity contribution in [3.8, 4) is 0 Å². The van der Waals surface area contributed by atoms with Gasteiger partial charge >= 0.3 is 0 Å². The third-order valence-corrected chi connectivity index (χ3v) is 4.51. The zero-order valence-electron chi connectivity index (χ0n) is 10.0. The van der Waals surface area contributed by atoms with Gasteiger partial charge in [0.05, 0.1) is 29.5 Å². The Hall–Kier alpha value is -0.0600. The van der Waals surface area contributed by atoms with Crippen LogP contribution in [0.15, 0.2) is 10.7 Å². The van der Waals surface area contributed by atoms with E-state index in [0.29, 0.717) is 12.5 Å². The molecule has 1 aromatic rings. The van der Waals surface area contributed by atoms with E-state index in [1.807, 2.05) is 10.9 Å². The van der Waals surface area contributed by atoms with Gasteiger partial charge in [-0.05, 0) is 28.8 Å². The van der Waals surface area contributed by atoms with Gasteiger partial charge in [-0.15, -0.1) is 11.6 Å². The molecule has 2 rings (SSSR count). The molecule has 17 heavy (non-hydrogen) atoms. The van der Waals surface area contributed by atoms with Crippen LogP contribution in [0.5, 0.6) is 0 Å².